The van der Waals surface area contributed by atoms with E-state index in [9.17, 15) is 14.7 Å². The van der Waals surface area contributed by atoms with Crippen LogP contribution in [0.15, 0.2) is 18.2 Å². The highest BCUT2D eigenvalue weighted by Crippen LogP contribution is 2.37. The lowest BCUT2D eigenvalue weighted by atomic mass is 10.0. The van der Waals surface area contributed by atoms with Gasteiger partial charge < -0.3 is 19.5 Å². The summed E-state index contributed by atoms with van der Waals surface area (Å²) in [6, 6.07) is 4.39. The van der Waals surface area contributed by atoms with E-state index in [0.29, 0.717) is 43.2 Å². The first kappa shape index (κ1) is 18.1. The highest BCUT2D eigenvalue weighted by atomic mass is 16.5. The summed E-state index contributed by atoms with van der Waals surface area (Å²) in [4.78, 5) is 27.2. The average Bonchev–Trinajstić information content (AvgIpc) is 2.80. The van der Waals surface area contributed by atoms with Gasteiger partial charge >= 0.3 is 5.97 Å². The van der Waals surface area contributed by atoms with Crippen molar-refractivity contribution >= 4 is 11.9 Å². The zero-order valence-electron chi connectivity index (χ0n) is 14.3. The first-order valence-corrected chi connectivity index (χ1v) is 7.92. The van der Waals surface area contributed by atoms with Crippen molar-refractivity contribution in [2.24, 2.45) is 0 Å². The minimum atomic E-state index is -0.946. The molecule has 7 nitrogen and oxygen atoms in total. The Hall–Kier alpha value is -2.28. The van der Waals surface area contributed by atoms with Gasteiger partial charge in [0.25, 0.3) is 0 Å². The molecule has 1 aromatic carbocycles. The van der Waals surface area contributed by atoms with Gasteiger partial charge in [-0.15, -0.1) is 0 Å². The molecule has 0 unspecified atom stereocenters. The Bertz CT molecular complexity index is 605. The smallest absolute Gasteiger partial charge is 0.325 e. The number of nitrogens with zero attached hydrogens (tertiary/aromatic N) is 2. The summed E-state index contributed by atoms with van der Waals surface area (Å²) in [5.74, 6) is 0.00187. The number of ether oxygens (including phenoxy) is 2. The van der Waals surface area contributed by atoms with E-state index in [1.54, 1.807) is 23.1 Å². The van der Waals surface area contributed by atoms with E-state index in [2.05, 4.69) is 0 Å². The molecule has 1 amide bonds. The van der Waals surface area contributed by atoms with Gasteiger partial charge in [-0.25, -0.2) is 0 Å². The number of aliphatic carboxylic acids is 1. The van der Waals surface area contributed by atoms with Crippen LogP contribution in [0, 0.1) is 0 Å². The number of hydrogen-bond donors (Lipinski definition) is 1. The maximum absolute atomic E-state index is 12.0. The Labute approximate surface area is 141 Å². The summed E-state index contributed by atoms with van der Waals surface area (Å²) in [5.41, 5.74) is 0.556. The number of rotatable bonds is 5. The molecular weight excluding hydrogens is 312 g/mol. The molecule has 0 radical (unpaired) electrons. The van der Waals surface area contributed by atoms with Gasteiger partial charge in [0.05, 0.1) is 14.2 Å². The van der Waals surface area contributed by atoms with Crippen LogP contribution in [-0.4, -0.2) is 67.2 Å². The van der Waals surface area contributed by atoms with Crippen molar-refractivity contribution in [3.63, 3.8) is 0 Å². The number of carboxylic acids is 1. The van der Waals surface area contributed by atoms with Crippen molar-refractivity contribution in [2.75, 3.05) is 40.4 Å². The fourth-order valence-electron chi connectivity index (χ4n) is 3.12. The monoisotopic (exact) mass is 336 g/mol. The normalized spacial score (nSPS) is 17.0. The van der Waals surface area contributed by atoms with Crippen LogP contribution in [0.5, 0.6) is 11.5 Å². The summed E-state index contributed by atoms with van der Waals surface area (Å²) < 4.78 is 10.7. The van der Waals surface area contributed by atoms with Crippen molar-refractivity contribution in [3.05, 3.63) is 23.8 Å². The van der Waals surface area contributed by atoms with Crippen molar-refractivity contribution in [1.82, 2.24) is 9.80 Å². The highest BCUT2D eigenvalue weighted by Gasteiger charge is 2.32. The lowest BCUT2D eigenvalue weighted by Gasteiger charge is -2.29. The number of methoxy groups -OCH3 is 2. The Kier molecular flexibility index (Phi) is 6.03. The van der Waals surface area contributed by atoms with E-state index < -0.39 is 12.0 Å². The minimum Gasteiger partial charge on any atom is -0.493 e. The molecule has 7 heteroatoms. The number of benzene rings is 1. The van der Waals surface area contributed by atoms with Crippen molar-refractivity contribution in [1.29, 1.82) is 0 Å². The number of amides is 1. The predicted molar refractivity (Wildman–Crippen MR) is 88.4 cm³/mol. The zero-order chi connectivity index (χ0) is 17.7. The lowest BCUT2D eigenvalue weighted by molar-refractivity contribution is -0.143. The molecule has 0 saturated carbocycles. The molecule has 24 heavy (non-hydrogen) atoms. The summed E-state index contributed by atoms with van der Waals surface area (Å²) in [7, 11) is 3.02. The molecule has 0 aliphatic carbocycles. The van der Waals surface area contributed by atoms with Gasteiger partial charge in [-0.1, -0.05) is 12.1 Å². The van der Waals surface area contributed by atoms with Crippen molar-refractivity contribution in [3.8, 4) is 11.5 Å². The second kappa shape index (κ2) is 8.01. The molecule has 2 rings (SSSR count). The first-order valence-electron chi connectivity index (χ1n) is 7.92. The second-order valence-electron chi connectivity index (χ2n) is 5.72. The number of carbonyl (C=O) groups is 2. The summed E-state index contributed by atoms with van der Waals surface area (Å²) in [6.07, 6.45) is 0.732. The molecule has 1 aliphatic heterocycles. The molecule has 1 aliphatic rings. The molecular formula is C17H24N2O5. The van der Waals surface area contributed by atoms with Crippen LogP contribution in [0.25, 0.3) is 0 Å². The van der Waals surface area contributed by atoms with Crippen LogP contribution in [-0.2, 0) is 9.59 Å². The molecule has 1 N–H and O–H groups in total. The third-order valence-electron chi connectivity index (χ3n) is 4.30. The predicted octanol–water partition coefficient (Wildman–Crippen LogP) is 1.38. The molecule has 1 heterocycles. The molecule has 1 fully saturated rings. The van der Waals surface area contributed by atoms with Crippen molar-refractivity contribution in [2.45, 2.75) is 19.4 Å². The van der Waals surface area contributed by atoms with Gasteiger partial charge in [0.15, 0.2) is 11.5 Å². The third-order valence-corrected chi connectivity index (χ3v) is 4.30. The lowest BCUT2D eigenvalue weighted by Crippen LogP contribution is -2.38. The highest BCUT2D eigenvalue weighted by molar-refractivity contribution is 5.77. The van der Waals surface area contributed by atoms with Gasteiger partial charge in [-0.2, -0.15) is 0 Å². The minimum absolute atomic E-state index is 0.0164. The molecule has 1 aromatic rings. The van der Waals surface area contributed by atoms with Crippen LogP contribution >= 0.6 is 0 Å². The van der Waals surface area contributed by atoms with Crippen LogP contribution in [0.1, 0.15) is 24.9 Å². The zero-order valence-corrected chi connectivity index (χ0v) is 14.3. The van der Waals surface area contributed by atoms with Crippen LogP contribution < -0.4 is 9.47 Å². The Morgan fingerprint density at radius 2 is 1.88 bits per heavy atom. The van der Waals surface area contributed by atoms with Gasteiger partial charge in [-0.3, -0.25) is 14.5 Å². The largest absolute Gasteiger partial charge is 0.493 e. The van der Waals surface area contributed by atoms with E-state index in [-0.39, 0.29) is 5.91 Å². The molecule has 0 aromatic heterocycles. The first-order chi connectivity index (χ1) is 11.5. The Morgan fingerprint density at radius 3 is 2.46 bits per heavy atom. The Morgan fingerprint density at radius 1 is 1.12 bits per heavy atom. The summed E-state index contributed by atoms with van der Waals surface area (Å²) in [6.45, 7) is 3.80. The van der Waals surface area contributed by atoms with E-state index in [4.69, 9.17) is 9.47 Å². The fourth-order valence-corrected chi connectivity index (χ4v) is 3.12. The fraction of sp³-hybridized carbons (Fsp3) is 0.529. The summed E-state index contributed by atoms with van der Waals surface area (Å²) >= 11 is 0. The number of carbonyl (C=O) groups excluding carboxylic acids is 1. The van der Waals surface area contributed by atoms with E-state index >= 15 is 0 Å². The second-order valence-corrected chi connectivity index (χ2v) is 5.72. The van der Waals surface area contributed by atoms with Crippen LogP contribution in [0.2, 0.25) is 0 Å². The van der Waals surface area contributed by atoms with Crippen LogP contribution in [0.3, 0.4) is 0 Å². The van der Waals surface area contributed by atoms with Gasteiger partial charge in [0, 0.05) is 38.7 Å². The topological polar surface area (TPSA) is 79.3 Å². The molecule has 0 spiro atoms. The van der Waals surface area contributed by atoms with E-state index in [1.165, 1.54) is 21.1 Å². The quantitative estimate of drug-likeness (QED) is 0.875. The Balaban J connectivity index is 2.34. The third kappa shape index (κ3) is 3.79. The van der Waals surface area contributed by atoms with Gasteiger partial charge in [-0.05, 0) is 12.5 Å². The van der Waals surface area contributed by atoms with Crippen molar-refractivity contribution < 1.29 is 24.2 Å². The number of carboxylic acid groups (broad SMARTS) is 1. The average molecular weight is 336 g/mol. The maximum Gasteiger partial charge on any atom is 0.325 e. The molecule has 1 saturated heterocycles. The maximum atomic E-state index is 12.0. The number of para-hydroxylation sites is 1. The van der Waals surface area contributed by atoms with Gasteiger partial charge in [0.2, 0.25) is 5.91 Å². The molecule has 1 atom stereocenters. The van der Waals surface area contributed by atoms with E-state index in [1.807, 2.05) is 4.90 Å². The standard InChI is InChI=1S/C17H24N2O5/c1-12(20)18-8-5-9-19(11-10-18)15(17(21)22)13-6-4-7-14(23-2)16(13)24-3/h4,6-7,15H,5,8-11H2,1-3H3,(H,21,22)/t15-/m0/s1. The van der Waals surface area contributed by atoms with Gasteiger partial charge in [0.1, 0.15) is 6.04 Å². The summed E-state index contributed by atoms with van der Waals surface area (Å²) in [5, 5.41) is 9.81. The van der Waals surface area contributed by atoms with E-state index in [0.717, 1.165) is 6.42 Å². The SMILES string of the molecule is COc1cccc([C@@H](C(=O)O)N2CCCN(C(C)=O)CC2)c1OC. The molecule has 132 valence electrons. The number of hydrogen-bond acceptors (Lipinski definition) is 5. The molecule has 0 bridgehead atoms. The van der Waals surface area contributed by atoms with Crippen LogP contribution in [0.4, 0.5) is 0 Å².